The van der Waals surface area contributed by atoms with Gasteiger partial charge >= 0.3 is 5.97 Å². The number of aliphatic carboxylic acids is 1. The molecule has 2 aromatic carbocycles. The Morgan fingerprint density at radius 1 is 1.11 bits per heavy atom. The van der Waals surface area contributed by atoms with Crippen LogP contribution in [0.4, 0.5) is 0 Å². The molecule has 7 heteroatoms. The van der Waals surface area contributed by atoms with Crippen LogP contribution in [0.1, 0.15) is 38.2 Å². The molecule has 1 heterocycles. The van der Waals surface area contributed by atoms with Gasteiger partial charge < -0.3 is 9.84 Å². The first-order chi connectivity index (χ1) is 17.6. The molecule has 6 nitrogen and oxygen atoms in total. The molecule has 36 heavy (non-hydrogen) atoms. The molecule has 1 fully saturated rings. The van der Waals surface area contributed by atoms with Crippen LogP contribution in [0.25, 0.3) is 22.4 Å². The van der Waals surface area contributed by atoms with E-state index in [1.54, 1.807) is 11.8 Å². The van der Waals surface area contributed by atoms with E-state index in [9.17, 15) is 10.1 Å². The molecule has 3 aromatic rings. The fraction of sp³-hybridized carbons (Fsp3) is 0.414. The van der Waals surface area contributed by atoms with E-state index in [1.165, 1.54) is 5.56 Å². The zero-order chi connectivity index (χ0) is 25.3. The van der Waals surface area contributed by atoms with Crippen molar-refractivity contribution in [2.24, 2.45) is 11.8 Å². The molecule has 1 aliphatic carbocycles. The van der Waals surface area contributed by atoms with Gasteiger partial charge in [0.25, 0.3) is 0 Å². The number of carbonyl (C=O) groups is 1. The lowest BCUT2D eigenvalue weighted by atomic mass is 9.82. The van der Waals surface area contributed by atoms with E-state index in [1.807, 2.05) is 18.2 Å². The minimum absolute atomic E-state index is 0.225. The molecule has 0 aliphatic heterocycles. The van der Waals surface area contributed by atoms with E-state index in [0.29, 0.717) is 24.2 Å². The quantitative estimate of drug-likeness (QED) is 0.309. The first-order valence-electron chi connectivity index (χ1n) is 12.6. The predicted molar refractivity (Wildman–Crippen MR) is 143 cm³/mol. The summed E-state index contributed by atoms with van der Waals surface area (Å²) in [6.07, 6.45) is 5.14. The zero-order valence-corrected chi connectivity index (χ0v) is 21.5. The van der Waals surface area contributed by atoms with Crippen molar-refractivity contribution in [2.75, 3.05) is 19.0 Å². The molecule has 0 spiro atoms. The standard InChI is InChI=1S/C29H33N3O3S/c1-2-21-7-6-10-25(17-21)27-28(24-8-4-3-5-9-24)31-32(29(27)36-16-15-30)18-22-11-13-23(14-12-22)19-35-20-26(33)34/h3-10,17,22-23H,2,11-14,16,18-20H2,1H3,(H,33,34). The molecule has 188 valence electrons. The monoisotopic (exact) mass is 503 g/mol. The van der Waals surface area contributed by atoms with Gasteiger partial charge in [0.15, 0.2) is 0 Å². The van der Waals surface area contributed by atoms with Crippen molar-refractivity contribution in [3.63, 3.8) is 0 Å². The van der Waals surface area contributed by atoms with E-state index < -0.39 is 5.97 Å². The molecule has 0 unspecified atom stereocenters. The minimum atomic E-state index is -0.917. The van der Waals surface area contributed by atoms with Crippen LogP contribution in [0.2, 0.25) is 0 Å². The summed E-state index contributed by atoms with van der Waals surface area (Å²) in [7, 11) is 0. The summed E-state index contributed by atoms with van der Waals surface area (Å²) in [5.41, 5.74) is 5.55. The molecular weight excluding hydrogens is 470 g/mol. The number of ether oxygens (including phenoxy) is 1. The van der Waals surface area contributed by atoms with E-state index in [2.05, 4.69) is 54.1 Å². The number of thioether (sulfide) groups is 1. The maximum Gasteiger partial charge on any atom is 0.329 e. The first kappa shape index (κ1) is 26.0. The third kappa shape index (κ3) is 6.57. The molecule has 4 rings (SSSR count). The number of rotatable bonds is 11. The van der Waals surface area contributed by atoms with Crippen molar-refractivity contribution < 1.29 is 14.6 Å². The molecule has 1 saturated carbocycles. The van der Waals surface area contributed by atoms with Gasteiger partial charge in [0, 0.05) is 17.7 Å². The summed E-state index contributed by atoms with van der Waals surface area (Å²) in [4.78, 5) is 10.7. The molecule has 0 bridgehead atoms. The van der Waals surface area contributed by atoms with Crippen molar-refractivity contribution in [2.45, 2.75) is 50.6 Å². The molecule has 0 amide bonds. The third-order valence-corrected chi connectivity index (χ3v) is 7.79. The van der Waals surface area contributed by atoms with Gasteiger partial charge in [-0.15, -0.1) is 0 Å². The minimum Gasteiger partial charge on any atom is -0.480 e. The predicted octanol–water partition coefficient (Wildman–Crippen LogP) is 6.30. The van der Waals surface area contributed by atoms with Crippen LogP contribution in [0, 0.1) is 23.2 Å². The van der Waals surface area contributed by atoms with Gasteiger partial charge in [-0.2, -0.15) is 10.4 Å². The average molecular weight is 504 g/mol. The maximum absolute atomic E-state index is 10.7. The Kier molecular flexibility index (Phi) is 9.21. The zero-order valence-electron chi connectivity index (χ0n) is 20.7. The average Bonchev–Trinajstić information content (AvgIpc) is 3.26. The molecule has 1 N–H and O–H groups in total. The number of aryl methyl sites for hydroxylation is 1. The second-order valence-electron chi connectivity index (χ2n) is 9.37. The van der Waals surface area contributed by atoms with Gasteiger partial charge in [-0.05, 0) is 55.1 Å². The second kappa shape index (κ2) is 12.8. The van der Waals surface area contributed by atoms with Gasteiger partial charge in [-0.3, -0.25) is 4.68 Å². The highest BCUT2D eigenvalue weighted by atomic mass is 32.2. The van der Waals surface area contributed by atoms with Crippen LogP contribution in [-0.4, -0.2) is 39.8 Å². The lowest BCUT2D eigenvalue weighted by molar-refractivity contribution is -0.142. The van der Waals surface area contributed by atoms with Crippen LogP contribution >= 0.6 is 11.8 Å². The Labute approximate surface area is 217 Å². The summed E-state index contributed by atoms with van der Waals surface area (Å²) < 4.78 is 7.47. The summed E-state index contributed by atoms with van der Waals surface area (Å²) in [5.74, 6) is 0.353. The van der Waals surface area contributed by atoms with Crippen molar-refractivity contribution in [1.29, 1.82) is 5.26 Å². The number of hydrogen-bond acceptors (Lipinski definition) is 5. The first-order valence-corrected chi connectivity index (χ1v) is 13.6. The van der Waals surface area contributed by atoms with Crippen LogP contribution < -0.4 is 0 Å². The van der Waals surface area contributed by atoms with E-state index in [4.69, 9.17) is 14.9 Å². The Morgan fingerprint density at radius 2 is 1.83 bits per heavy atom. The fourth-order valence-corrected chi connectivity index (χ4v) is 5.79. The van der Waals surface area contributed by atoms with Crippen LogP contribution in [0.5, 0.6) is 0 Å². The highest BCUT2D eigenvalue weighted by molar-refractivity contribution is 7.99. The molecular formula is C29H33N3O3S. The number of hydrogen-bond donors (Lipinski definition) is 1. The van der Waals surface area contributed by atoms with E-state index >= 15 is 0 Å². The van der Waals surface area contributed by atoms with Crippen LogP contribution in [0.3, 0.4) is 0 Å². The maximum atomic E-state index is 10.7. The molecule has 1 aromatic heterocycles. The largest absolute Gasteiger partial charge is 0.480 e. The smallest absolute Gasteiger partial charge is 0.329 e. The van der Waals surface area contributed by atoms with Crippen molar-refractivity contribution in [3.05, 3.63) is 60.2 Å². The van der Waals surface area contributed by atoms with Gasteiger partial charge in [0.2, 0.25) is 0 Å². The fourth-order valence-electron chi connectivity index (χ4n) is 4.96. The van der Waals surface area contributed by atoms with E-state index in [0.717, 1.165) is 66.1 Å². The van der Waals surface area contributed by atoms with Crippen molar-refractivity contribution in [1.82, 2.24) is 9.78 Å². The van der Waals surface area contributed by atoms with Gasteiger partial charge in [0.05, 0.1) is 18.4 Å². The normalized spacial score (nSPS) is 17.6. The van der Waals surface area contributed by atoms with Crippen LogP contribution in [-0.2, 0) is 22.5 Å². The van der Waals surface area contributed by atoms with Crippen molar-refractivity contribution in [3.8, 4) is 28.5 Å². The number of nitriles is 1. The van der Waals surface area contributed by atoms with Gasteiger partial charge in [-0.25, -0.2) is 4.79 Å². The lowest BCUT2D eigenvalue weighted by Gasteiger charge is -2.28. The number of carboxylic acids is 1. The Hall–Kier alpha value is -3.08. The third-order valence-electron chi connectivity index (χ3n) is 6.83. The topological polar surface area (TPSA) is 88.1 Å². The number of benzene rings is 2. The highest BCUT2D eigenvalue weighted by Gasteiger charge is 2.26. The molecule has 0 saturated heterocycles. The Morgan fingerprint density at radius 3 is 2.53 bits per heavy atom. The summed E-state index contributed by atoms with van der Waals surface area (Å²) in [6.45, 7) is 3.26. The highest BCUT2D eigenvalue weighted by Crippen LogP contribution is 2.41. The lowest BCUT2D eigenvalue weighted by Crippen LogP contribution is -2.23. The Bertz CT molecular complexity index is 1190. The molecule has 0 radical (unpaired) electrons. The summed E-state index contributed by atoms with van der Waals surface area (Å²) in [6, 6.07) is 21.2. The number of aromatic nitrogens is 2. The SMILES string of the molecule is CCc1cccc(-c2c(-c3ccccc3)nn(CC3CCC(COCC(=O)O)CC3)c2SCC#N)c1. The summed E-state index contributed by atoms with van der Waals surface area (Å²) >= 11 is 1.56. The van der Waals surface area contributed by atoms with E-state index in [-0.39, 0.29) is 6.61 Å². The second-order valence-corrected chi connectivity index (χ2v) is 10.3. The molecule has 1 aliphatic rings. The van der Waals surface area contributed by atoms with Crippen molar-refractivity contribution >= 4 is 17.7 Å². The number of nitrogens with zero attached hydrogens (tertiary/aromatic N) is 3. The Balaban J connectivity index is 1.62. The number of carboxylic acid groups (broad SMARTS) is 1. The van der Waals surface area contributed by atoms with Gasteiger partial charge in [-0.1, -0.05) is 73.3 Å². The molecule has 0 atom stereocenters. The van der Waals surface area contributed by atoms with Gasteiger partial charge in [0.1, 0.15) is 17.3 Å². The van der Waals surface area contributed by atoms with Crippen LogP contribution in [0.15, 0.2) is 59.6 Å². The summed E-state index contributed by atoms with van der Waals surface area (Å²) in [5, 5.41) is 24.4.